The summed E-state index contributed by atoms with van der Waals surface area (Å²) in [4.78, 5) is 5.06. The third kappa shape index (κ3) is 3.64. The quantitative estimate of drug-likeness (QED) is 0.868. The Bertz CT molecular complexity index is 439. The number of hydrogen-bond acceptors (Lipinski definition) is 4. The zero-order valence-corrected chi connectivity index (χ0v) is 12.9. The molecule has 2 heterocycles. The molecular formula is C17H27N3O. The Morgan fingerprint density at radius 1 is 1.19 bits per heavy atom. The summed E-state index contributed by atoms with van der Waals surface area (Å²) in [6, 6.07) is 11.5. The highest BCUT2D eigenvalue weighted by atomic mass is 16.3. The Morgan fingerprint density at radius 3 is 2.71 bits per heavy atom. The second-order valence-electron chi connectivity index (χ2n) is 6.45. The second kappa shape index (κ2) is 6.88. The summed E-state index contributed by atoms with van der Waals surface area (Å²) < 4.78 is 0. The van der Waals surface area contributed by atoms with Gasteiger partial charge in [-0.1, -0.05) is 30.3 Å². The monoisotopic (exact) mass is 289 g/mol. The van der Waals surface area contributed by atoms with Crippen LogP contribution in [0.1, 0.15) is 18.9 Å². The van der Waals surface area contributed by atoms with E-state index in [1.807, 2.05) is 0 Å². The molecule has 21 heavy (non-hydrogen) atoms. The van der Waals surface area contributed by atoms with Crippen LogP contribution in [-0.4, -0.2) is 65.8 Å². The third-order valence-corrected chi connectivity index (χ3v) is 4.81. The normalized spacial score (nSPS) is 32.2. The lowest BCUT2D eigenvalue weighted by Gasteiger charge is -2.35. The van der Waals surface area contributed by atoms with E-state index in [-0.39, 0.29) is 12.1 Å². The predicted octanol–water partition coefficient (Wildman–Crippen LogP) is 0.915. The number of benzene rings is 1. The van der Waals surface area contributed by atoms with E-state index in [1.165, 1.54) is 12.0 Å². The maximum Gasteiger partial charge on any atom is 0.0831 e. The molecule has 2 fully saturated rings. The molecule has 1 aromatic carbocycles. The van der Waals surface area contributed by atoms with Crippen LogP contribution in [0.2, 0.25) is 0 Å². The zero-order valence-electron chi connectivity index (χ0n) is 12.9. The Kier molecular flexibility index (Phi) is 4.91. The van der Waals surface area contributed by atoms with Crippen molar-refractivity contribution in [3.05, 3.63) is 35.9 Å². The van der Waals surface area contributed by atoms with E-state index < -0.39 is 0 Å². The molecule has 2 N–H and O–H groups in total. The van der Waals surface area contributed by atoms with Crippen LogP contribution in [0.25, 0.3) is 0 Å². The molecule has 0 aliphatic carbocycles. The number of aliphatic hydroxyl groups is 1. The molecular weight excluding hydrogens is 262 g/mol. The fourth-order valence-electron chi connectivity index (χ4n) is 3.73. The van der Waals surface area contributed by atoms with Crippen molar-refractivity contribution in [1.29, 1.82) is 0 Å². The van der Waals surface area contributed by atoms with Crippen molar-refractivity contribution >= 4 is 0 Å². The molecule has 2 aliphatic rings. The number of nitrogens with zero attached hydrogens (tertiary/aromatic N) is 2. The Labute approximate surface area is 127 Å². The first-order valence-corrected chi connectivity index (χ1v) is 8.15. The highest BCUT2D eigenvalue weighted by Crippen LogP contribution is 2.19. The molecule has 4 nitrogen and oxygen atoms in total. The summed E-state index contributed by atoms with van der Waals surface area (Å²) >= 11 is 0. The van der Waals surface area contributed by atoms with Gasteiger partial charge in [-0.2, -0.15) is 0 Å². The SMILES string of the molecule is CC1CN(Cc2ccccc2)CCCN1[C@@H]1CNC[C@H]1O. The van der Waals surface area contributed by atoms with Crippen molar-refractivity contribution in [2.24, 2.45) is 0 Å². The topological polar surface area (TPSA) is 38.7 Å². The smallest absolute Gasteiger partial charge is 0.0831 e. The van der Waals surface area contributed by atoms with Gasteiger partial charge in [0, 0.05) is 44.8 Å². The van der Waals surface area contributed by atoms with E-state index in [0.717, 1.165) is 39.3 Å². The Hall–Kier alpha value is -0.940. The molecule has 0 spiro atoms. The first-order valence-electron chi connectivity index (χ1n) is 8.15. The highest BCUT2D eigenvalue weighted by molar-refractivity contribution is 5.14. The summed E-state index contributed by atoms with van der Waals surface area (Å²) in [5.41, 5.74) is 1.39. The molecule has 116 valence electrons. The van der Waals surface area contributed by atoms with Gasteiger partial charge in [0.2, 0.25) is 0 Å². The lowest BCUT2D eigenvalue weighted by molar-refractivity contribution is 0.0585. The van der Waals surface area contributed by atoms with Gasteiger partial charge >= 0.3 is 0 Å². The highest BCUT2D eigenvalue weighted by Gasteiger charge is 2.34. The molecule has 0 amide bonds. The lowest BCUT2D eigenvalue weighted by atomic mass is 10.1. The fraction of sp³-hybridized carbons (Fsp3) is 0.647. The summed E-state index contributed by atoms with van der Waals surface area (Å²) in [6.07, 6.45) is 0.966. The van der Waals surface area contributed by atoms with Crippen LogP contribution in [0.3, 0.4) is 0 Å². The van der Waals surface area contributed by atoms with E-state index in [0.29, 0.717) is 6.04 Å². The van der Waals surface area contributed by atoms with Gasteiger partial charge in [0.05, 0.1) is 6.10 Å². The summed E-state index contributed by atoms with van der Waals surface area (Å²) in [6.45, 7) is 8.31. The third-order valence-electron chi connectivity index (χ3n) is 4.81. The van der Waals surface area contributed by atoms with Gasteiger partial charge < -0.3 is 10.4 Å². The predicted molar refractivity (Wildman–Crippen MR) is 85.2 cm³/mol. The van der Waals surface area contributed by atoms with Crippen molar-refractivity contribution in [2.45, 2.75) is 38.1 Å². The number of hydrogen-bond donors (Lipinski definition) is 2. The van der Waals surface area contributed by atoms with Gasteiger partial charge in [-0.05, 0) is 25.5 Å². The van der Waals surface area contributed by atoms with E-state index in [4.69, 9.17) is 0 Å². The molecule has 3 rings (SSSR count). The molecule has 0 radical (unpaired) electrons. The minimum atomic E-state index is -0.215. The van der Waals surface area contributed by atoms with Crippen molar-refractivity contribution in [3.8, 4) is 0 Å². The Balaban J connectivity index is 1.61. The Morgan fingerprint density at radius 2 is 2.00 bits per heavy atom. The summed E-state index contributed by atoms with van der Waals surface area (Å²) in [5.74, 6) is 0. The molecule has 2 aliphatic heterocycles. The molecule has 4 heteroatoms. The summed E-state index contributed by atoms with van der Waals surface area (Å²) in [5, 5.41) is 13.4. The van der Waals surface area contributed by atoms with Crippen LogP contribution in [0.5, 0.6) is 0 Å². The van der Waals surface area contributed by atoms with E-state index in [9.17, 15) is 5.11 Å². The van der Waals surface area contributed by atoms with E-state index in [2.05, 4.69) is 52.4 Å². The van der Waals surface area contributed by atoms with Crippen LogP contribution >= 0.6 is 0 Å². The summed E-state index contributed by atoms with van der Waals surface area (Å²) in [7, 11) is 0. The molecule has 0 bridgehead atoms. The van der Waals surface area contributed by atoms with Crippen LogP contribution in [0.15, 0.2) is 30.3 Å². The first-order chi connectivity index (χ1) is 10.2. The van der Waals surface area contributed by atoms with Gasteiger partial charge in [0.25, 0.3) is 0 Å². The van der Waals surface area contributed by atoms with Crippen molar-refractivity contribution in [1.82, 2.24) is 15.1 Å². The average Bonchev–Trinajstić information content (AvgIpc) is 2.81. The molecule has 2 saturated heterocycles. The van der Waals surface area contributed by atoms with E-state index >= 15 is 0 Å². The molecule has 3 atom stereocenters. The average molecular weight is 289 g/mol. The minimum Gasteiger partial charge on any atom is -0.390 e. The molecule has 1 unspecified atom stereocenters. The van der Waals surface area contributed by atoms with Gasteiger partial charge in [-0.25, -0.2) is 0 Å². The van der Waals surface area contributed by atoms with Gasteiger partial charge in [-0.15, -0.1) is 0 Å². The zero-order chi connectivity index (χ0) is 14.7. The van der Waals surface area contributed by atoms with Crippen molar-refractivity contribution < 1.29 is 5.11 Å². The standard InChI is InChI=1S/C17H27N3O/c1-14-12-19(13-15-6-3-2-4-7-15)8-5-9-20(14)16-10-18-11-17(16)21/h2-4,6-7,14,16-18,21H,5,8-13H2,1H3/t14?,16-,17-/m1/s1. The maximum absolute atomic E-state index is 10.1. The number of β-amino-alcohol motifs (C(OH)–C–C–N with tert-alkyl or cyclic N) is 1. The molecule has 1 aromatic rings. The van der Waals surface area contributed by atoms with Crippen LogP contribution < -0.4 is 5.32 Å². The largest absolute Gasteiger partial charge is 0.390 e. The fourth-order valence-corrected chi connectivity index (χ4v) is 3.73. The van der Waals surface area contributed by atoms with Crippen molar-refractivity contribution in [2.75, 3.05) is 32.7 Å². The van der Waals surface area contributed by atoms with Gasteiger partial charge in [0.1, 0.15) is 0 Å². The van der Waals surface area contributed by atoms with Crippen LogP contribution in [0, 0.1) is 0 Å². The minimum absolute atomic E-state index is 0.215. The van der Waals surface area contributed by atoms with Crippen LogP contribution in [-0.2, 0) is 6.54 Å². The maximum atomic E-state index is 10.1. The number of aliphatic hydroxyl groups excluding tert-OH is 1. The lowest BCUT2D eigenvalue weighted by Crippen LogP contribution is -2.49. The van der Waals surface area contributed by atoms with Crippen molar-refractivity contribution in [3.63, 3.8) is 0 Å². The first kappa shape index (κ1) is 15.0. The molecule has 0 saturated carbocycles. The van der Waals surface area contributed by atoms with Gasteiger partial charge in [0.15, 0.2) is 0 Å². The number of nitrogens with one attached hydrogen (secondary N) is 1. The van der Waals surface area contributed by atoms with Gasteiger partial charge in [-0.3, -0.25) is 9.80 Å². The molecule has 0 aromatic heterocycles. The van der Waals surface area contributed by atoms with Crippen LogP contribution in [0.4, 0.5) is 0 Å². The number of rotatable bonds is 3. The second-order valence-corrected chi connectivity index (χ2v) is 6.45. The van der Waals surface area contributed by atoms with E-state index in [1.54, 1.807) is 0 Å².